The Kier molecular flexibility index (Phi) is 3.08. The third-order valence-electron chi connectivity index (χ3n) is 0.613. The molecule has 0 spiro atoms. The van der Waals surface area contributed by atoms with Gasteiger partial charge in [0, 0.05) is 7.05 Å². The molecule has 0 fully saturated rings. The fourth-order valence-electron chi connectivity index (χ4n) is 0.241. The lowest BCUT2D eigenvalue weighted by molar-refractivity contribution is -0.486. The van der Waals surface area contributed by atoms with Crippen LogP contribution in [0.25, 0.3) is 0 Å². The van der Waals surface area contributed by atoms with Gasteiger partial charge in [-0.25, -0.2) is 15.5 Å². The van der Waals surface area contributed by atoms with Crippen molar-refractivity contribution in [1.82, 2.24) is 10.6 Å². The lowest BCUT2D eigenvalue weighted by atomic mass is 11.0. The number of nitrogens with zero attached hydrogens (tertiary/aromatic N) is 3. The molecule has 0 unspecified atom stereocenters. The van der Waals surface area contributed by atoms with Crippen molar-refractivity contribution in [2.45, 2.75) is 0 Å². The summed E-state index contributed by atoms with van der Waals surface area (Å²) in [4.78, 5) is 9.60. The minimum absolute atomic E-state index is 0.225. The van der Waals surface area contributed by atoms with Gasteiger partial charge < -0.3 is 5.73 Å². The number of hydrazine groups is 1. The summed E-state index contributed by atoms with van der Waals surface area (Å²) in [5, 5.41) is 19.9. The summed E-state index contributed by atoms with van der Waals surface area (Å²) in [6.07, 6.45) is 0. The van der Waals surface area contributed by atoms with E-state index in [4.69, 9.17) is 10.9 Å². The molecule has 4 N–H and O–H groups in total. The minimum atomic E-state index is -1.02. The summed E-state index contributed by atoms with van der Waals surface area (Å²) < 4.78 is 0. The van der Waals surface area contributed by atoms with Crippen LogP contribution < -0.4 is 11.2 Å². The van der Waals surface area contributed by atoms with Crippen LogP contribution in [0.15, 0.2) is 5.10 Å². The highest BCUT2D eigenvalue weighted by Crippen LogP contribution is 1.74. The third kappa shape index (κ3) is 2.79. The first-order valence-electron chi connectivity index (χ1n) is 2.22. The van der Waals surface area contributed by atoms with Crippen molar-refractivity contribution in [2.24, 2.45) is 10.8 Å². The monoisotopic (exact) mass is 149 g/mol. The van der Waals surface area contributed by atoms with E-state index in [-0.39, 0.29) is 5.17 Å². The highest BCUT2D eigenvalue weighted by Gasteiger charge is 2.04. The van der Waals surface area contributed by atoms with Gasteiger partial charge in [0.25, 0.3) is 0 Å². The molecule has 0 bridgehead atoms. The molecule has 0 aliphatic heterocycles. The zero-order chi connectivity index (χ0) is 8.15. The summed E-state index contributed by atoms with van der Waals surface area (Å²) >= 11 is 0. The van der Waals surface area contributed by atoms with E-state index in [0.717, 1.165) is 0 Å². The second-order valence-corrected chi connectivity index (χ2v) is 1.23. The van der Waals surface area contributed by atoms with Gasteiger partial charge in [-0.3, -0.25) is 5.21 Å². The quantitative estimate of drug-likeness (QED) is 0.187. The summed E-state index contributed by atoms with van der Waals surface area (Å²) in [6.45, 7) is 0. The van der Waals surface area contributed by atoms with E-state index >= 15 is 0 Å². The van der Waals surface area contributed by atoms with Gasteiger partial charge in [-0.15, -0.1) is 5.17 Å². The number of nitro groups is 1. The van der Waals surface area contributed by atoms with Crippen molar-refractivity contribution >= 4 is 5.96 Å². The molecule has 0 aromatic heterocycles. The van der Waals surface area contributed by atoms with Crippen LogP contribution in [0.1, 0.15) is 0 Å². The molecule has 0 rings (SSSR count). The largest absolute Gasteiger partial charge is 0.362 e. The van der Waals surface area contributed by atoms with Gasteiger partial charge in [0.1, 0.15) is 5.10 Å². The number of hydroxylamine groups is 1. The number of hydrazone groups is 1. The van der Waals surface area contributed by atoms with Crippen LogP contribution in [0, 0.1) is 10.1 Å². The third-order valence-corrected chi connectivity index (χ3v) is 0.613. The van der Waals surface area contributed by atoms with Crippen molar-refractivity contribution in [3.8, 4) is 0 Å². The Labute approximate surface area is 56.0 Å². The molecule has 10 heavy (non-hydrogen) atoms. The van der Waals surface area contributed by atoms with Gasteiger partial charge in [-0.05, 0) is 0 Å². The Bertz CT molecular complexity index is 155. The van der Waals surface area contributed by atoms with Gasteiger partial charge in [0.05, 0.1) is 0 Å². The fourth-order valence-corrected chi connectivity index (χ4v) is 0.241. The van der Waals surface area contributed by atoms with E-state index in [0.29, 0.717) is 0 Å². The van der Waals surface area contributed by atoms with Crippen LogP contribution in [-0.2, 0) is 0 Å². The molecule has 8 nitrogen and oxygen atoms in total. The van der Waals surface area contributed by atoms with E-state index in [1.165, 1.54) is 7.05 Å². The molecule has 0 saturated carbocycles. The number of guanidine groups is 1. The molecule has 0 heterocycles. The standard InChI is InChI=1S/C2H7N5O3/c1-4-6(8)2(3)5-7(9)10/h4,8H,1H3,(H2,3,5). The summed E-state index contributed by atoms with van der Waals surface area (Å²) in [6, 6.07) is 0. The maximum Gasteiger partial charge on any atom is 0.307 e. The summed E-state index contributed by atoms with van der Waals surface area (Å²) in [7, 11) is 1.32. The molecule has 0 aliphatic carbocycles. The molecule has 0 saturated heterocycles. The maximum absolute atomic E-state index is 9.60. The molecule has 0 aromatic carbocycles. The van der Waals surface area contributed by atoms with Crippen LogP contribution in [0.3, 0.4) is 0 Å². The number of nitrogens with one attached hydrogen (secondary N) is 1. The highest BCUT2D eigenvalue weighted by molar-refractivity contribution is 5.75. The normalized spacial score (nSPS) is 11.2. The first-order chi connectivity index (χ1) is 4.57. The van der Waals surface area contributed by atoms with E-state index in [1.807, 2.05) is 0 Å². The van der Waals surface area contributed by atoms with E-state index in [1.54, 1.807) is 0 Å². The summed E-state index contributed by atoms with van der Waals surface area (Å²) in [5.74, 6) is -0.632. The first kappa shape index (κ1) is 8.59. The second kappa shape index (κ2) is 3.58. The number of rotatable bonds is 2. The van der Waals surface area contributed by atoms with Gasteiger partial charge in [0.15, 0.2) is 5.03 Å². The highest BCUT2D eigenvalue weighted by atomic mass is 16.7. The Morgan fingerprint density at radius 1 is 2.00 bits per heavy atom. The zero-order valence-corrected chi connectivity index (χ0v) is 5.18. The molecule has 0 amide bonds. The van der Waals surface area contributed by atoms with Crippen molar-refractivity contribution in [3.63, 3.8) is 0 Å². The van der Waals surface area contributed by atoms with Crippen LogP contribution in [-0.4, -0.2) is 28.4 Å². The molecule has 0 atom stereocenters. The smallest absolute Gasteiger partial charge is 0.307 e. The van der Waals surface area contributed by atoms with Gasteiger partial charge in [-0.2, -0.15) is 0 Å². The average molecular weight is 149 g/mol. The Hall–Kier alpha value is -1.41. The number of hydrogen-bond acceptors (Lipinski definition) is 4. The van der Waals surface area contributed by atoms with Crippen molar-refractivity contribution in [2.75, 3.05) is 7.05 Å². The lowest BCUT2D eigenvalue weighted by Crippen LogP contribution is -2.42. The van der Waals surface area contributed by atoms with Crippen LogP contribution in [0.2, 0.25) is 0 Å². The molecule has 58 valence electrons. The topological polar surface area (TPSA) is 117 Å². The first-order valence-corrected chi connectivity index (χ1v) is 2.22. The van der Waals surface area contributed by atoms with Gasteiger partial charge in [0.2, 0.25) is 0 Å². The Morgan fingerprint density at radius 3 is 2.80 bits per heavy atom. The van der Waals surface area contributed by atoms with E-state index < -0.39 is 11.0 Å². The predicted octanol–water partition coefficient (Wildman–Crippen LogP) is -1.68. The molecular weight excluding hydrogens is 142 g/mol. The predicted molar refractivity (Wildman–Crippen MR) is 31.3 cm³/mol. The van der Waals surface area contributed by atoms with Crippen LogP contribution in [0.4, 0.5) is 0 Å². The molecule has 8 heteroatoms. The summed E-state index contributed by atoms with van der Waals surface area (Å²) in [5.41, 5.74) is 6.95. The molecule has 0 radical (unpaired) electrons. The van der Waals surface area contributed by atoms with E-state index in [9.17, 15) is 10.1 Å². The Morgan fingerprint density at radius 2 is 2.50 bits per heavy atom. The fraction of sp³-hybridized carbons (Fsp3) is 0.500. The number of hydrogen-bond donors (Lipinski definition) is 3. The van der Waals surface area contributed by atoms with E-state index in [2.05, 4.69) is 10.5 Å². The van der Waals surface area contributed by atoms with Crippen molar-refractivity contribution in [1.29, 1.82) is 0 Å². The SMILES string of the molecule is CNN(O)C(N)=N[N+](=O)[O-]. The van der Waals surface area contributed by atoms with Crippen molar-refractivity contribution in [3.05, 3.63) is 10.1 Å². The molecule has 0 aromatic rings. The van der Waals surface area contributed by atoms with Gasteiger partial charge in [-0.1, -0.05) is 0 Å². The lowest BCUT2D eigenvalue weighted by Gasteiger charge is -2.09. The van der Waals surface area contributed by atoms with Crippen LogP contribution >= 0.6 is 0 Å². The van der Waals surface area contributed by atoms with Crippen LogP contribution in [0.5, 0.6) is 0 Å². The molecular formula is C2H7N5O3. The number of nitrogens with two attached hydrogens (primary N) is 1. The second-order valence-electron chi connectivity index (χ2n) is 1.23. The minimum Gasteiger partial charge on any atom is -0.362 e. The molecule has 0 aliphatic rings. The maximum atomic E-state index is 9.60. The zero-order valence-electron chi connectivity index (χ0n) is 5.18. The van der Waals surface area contributed by atoms with Crippen molar-refractivity contribution < 1.29 is 10.2 Å². The Balaban J connectivity index is 4.04. The van der Waals surface area contributed by atoms with Gasteiger partial charge >= 0.3 is 5.96 Å². The average Bonchev–Trinajstić information content (AvgIpc) is 1.85.